The van der Waals surface area contributed by atoms with Gasteiger partial charge in [-0.05, 0) is 50.4 Å². The van der Waals surface area contributed by atoms with Gasteiger partial charge in [0.1, 0.15) is 0 Å². The van der Waals surface area contributed by atoms with Crippen LogP contribution in [-0.2, 0) is 16.0 Å². The van der Waals surface area contributed by atoms with Crippen molar-refractivity contribution in [3.8, 4) is 17.0 Å². The van der Waals surface area contributed by atoms with Gasteiger partial charge in [0.15, 0.2) is 11.5 Å². The van der Waals surface area contributed by atoms with Gasteiger partial charge in [0.25, 0.3) is 5.56 Å². The molecule has 37 heavy (non-hydrogen) atoms. The molecule has 0 saturated carbocycles. The number of piperidine rings is 1. The van der Waals surface area contributed by atoms with Crippen molar-refractivity contribution < 1.29 is 14.2 Å². The van der Waals surface area contributed by atoms with Gasteiger partial charge in [-0.25, -0.2) is 15.0 Å². The lowest BCUT2D eigenvalue weighted by molar-refractivity contribution is 0.122. The van der Waals surface area contributed by atoms with Crippen LogP contribution in [0.4, 0.5) is 5.82 Å². The molecule has 0 atom stereocenters. The average molecular weight is 511 g/mol. The minimum Gasteiger partial charge on any atom is -0.481 e. The summed E-state index contributed by atoms with van der Waals surface area (Å²) in [6.07, 6.45) is 6.60. The van der Waals surface area contributed by atoms with Gasteiger partial charge in [0.05, 0.1) is 25.8 Å². The summed E-state index contributed by atoms with van der Waals surface area (Å²) in [4.78, 5) is 29.5. The molecular weight excluding hydrogens is 472 g/mol. The van der Waals surface area contributed by atoms with Crippen LogP contribution in [0, 0.1) is 5.92 Å². The molecule has 10 heteroatoms. The first kappa shape index (κ1) is 27.0. The summed E-state index contributed by atoms with van der Waals surface area (Å²) in [5.41, 5.74) is 2.79. The summed E-state index contributed by atoms with van der Waals surface area (Å²) >= 11 is 0. The number of aromatic nitrogens is 4. The molecule has 0 unspecified atom stereocenters. The minimum atomic E-state index is -0.156. The molecule has 0 spiro atoms. The predicted octanol–water partition coefficient (Wildman–Crippen LogP) is 3.06. The maximum Gasteiger partial charge on any atom is 0.293 e. The number of methoxy groups -OCH3 is 2. The first-order chi connectivity index (χ1) is 18.1. The van der Waals surface area contributed by atoms with Crippen molar-refractivity contribution in [1.82, 2.24) is 24.4 Å². The topological polar surface area (TPSA) is 104 Å². The molecule has 200 valence electrons. The molecule has 0 aliphatic carbocycles. The van der Waals surface area contributed by atoms with Gasteiger partial charge in [-0.15, -0.1) is 0 Å². The van der Waals surface area contributed by atoms with Crippen molar-refractivity contribution in [3.63, 3.8) is 0 Å². The smallest absolute Gasteiger partial charge is 0.293 e. The largest absolute Gasteiger partial charge is 0.481 e. The molecule has 10 nitrogen and oxygen atoms in total. The van der Waals surface area contributed by atoms with E-state index in [0.717, 1.165) is 56.6 Å². The number of nitrogens with zero attached hydrogens (tertiary/aromatic N) is 5. The van der Waals surface area contributed by atoms with Gasteiger partial charge < -0.3 is 24.4 Å². The summed E-state index contributed by atoms with van der Waals surface area (Å²) in [5.74, 6) is 1.38. The van der Waals surface area contributed by atoms with Crippen LogP contribution in [0.5, 0.6) is 5.88 Å². The zero-order valence-electron chi connectivity index (χ0n) is 22.1. The van der Waals surface area contributed by atoms with E-state index in [2.05, 4.69) is 32.1 Å². The number of anilines is 1. The summed E-state index contributed by atoms with van der Waals surface area (Å²) < 4.78 is 17.8. The molecule has 0 aromatic carbocycles. The first-order valence-corrected chi connectivity index (χ1v) is 13.1. The van der Waals surface area contributed by atoms with Crippen LogP contribution >= 0.6 is 0 Å². The van der Waals surface area contributed by atoms with E-state index in [4.69, 9.17) is 14.2 Å². The number of likely N-dealkylation sites (tertiary alicyclic amines) is 1. The molecule has 4 heterocycles. The van der Waals surface area contributed by atoms with Gasteiger partial charge >= 0.3 is 0 Å². The van der Waals surface area contributed by atoms with E-state index >= 15 is 0 Å². The summed E-state index contributed by atoms with van der Waals surface area (Å²) in [7, 11) is 3.32. The van der Waals surface area contributed by atoms with E-state index in [1.165, 1.54) is 0 Å². The van der Waals surface area contributed by atoms with E-state index in [1.54, 1.807) is 37.2 Å². The van der Waals surface area contributed by atoms with Crippen molar-refractivity contribution in [1.29, 1.82) is 0 Å². The maximum atomic E-state index is 13.5. The van der Waals surface area contributed by atoms with Crippen LogP contribution < -0.4 is 15.6 Å². The molecule has 1 fully saturated rings. The lowest BCUT2D eigenvalue weighted by atomic mass is 9.97. The van der Waals surface area contributed by atoms with Crippen molar-refractivity contribution in [3.05, 3.63) is 40.9 Å². The van der Waals surface area contributed by atoms with Gasteiger partial charge in [-0.1, -0.05) is 6.92 Å². The quantitative estimate of drug-likeness (QED) is 0.348. The standard InChI is InChI=1S/C27H38N6O4/c1-4-13-37-15-12-33-23-16-22(21-5-6-24(36-3)28-18-21)19-30-25(23)31-26(27(33)34)29-17-20-7-9-32(10-8-20)11-14-35-2/h5-6,16,18-20H,4,7-15,17H2,1-3H3,(H,29,30,31). The number of pyridine rings is 2. The molecule has 0 amide bonds. The predicted molar refractivity (Wildman–Crippen MR) is 144 cm³/mol. The van der Waals surface area contributed by atoms with E-state index in [0.29, 0.717) is 55.1 Å². The second kappa shape index (κ2) is 13.5. The lowest BCUT2D eigenvalue weighted by Crippen LogP contribution is -2.38. The number of fused-ring (bicyclic) bond motifs is 1. The SMILES string of the molecule is CCCOCCn1c(=O)c(NCC2CCN(CCOC)CC2)nc2ncc(-c3ccc(OC)nc3)cc21. The lowest BCUT2D eigenvalue weighted by Gasteiger charge is -2.31. The normalized spacial score (nSPS) is 14.8. The van der Waals surface area contributed by atoms with Crippen molar-refractivity contribution in [2.24, 2.45) is 5.92 Å². The van der Waals surface area contributed by atoms with E-state index < -0.39 is 0 Å². The molecule has 0 radical (unpaired) electrons. The fraction of sp³-hybridized carbons (Fsp3) is 0.556. The Morgan fingerprint density at radius 2 is 1.84 bits per heavy atom. The molecule has 1 aliphatic heterocycles. The van der Waals surface area contributed by atoms with Gasteiger partial charge in [0, 0.05) is 62.9 Å². The molecule has 0 bridgehead atoms. The zero-order valence-corrected chi connectivity index (χ0v) is 22.1. The molecule has 3 aromatic heterocycles. The number of hydrogen-bond acceptors (Lipinski definition) is 9. The monoisotopic (exact) mass is 510 g/mol. The number of hydrogen-bond donors (Lipinski definition) is 1. The van der Waals surface area contributed by atoms with Gasteiger partial charge in [0.2, 0.25) is 5.88 Å². The molecule has 3 aromatic rings. The Bertz CT molecular complexity index is 1190. The van der Waals surface area contributed by atoms with E-state index in [9.17, 15) is 4.79 Å². The van der Waals surface area contributed by atoms with E-state index in [1.807, 2.05) is 12.1 Å². The summed E-state index contributed by atoms with van der Waals surface area (Å²) in [6.45, 7) is 8.13. The third-order valence-electron chi connectivity index (χ3n) is 6.77. The van der Waals surface area contributed by atoms with Crippen LogP contribution in [-0.4, -0.2) is 84.6 Å². The summed E-state index contributed by atoms with van der Waals surface area (Å²) in [5, 5.41) is 3.34. The fourth-order valence-electron chi connectivity index (χ4n) is 4.57. The van der Waals surface area contributed by atoms with Crippen LogP contribution in [0.2, 0.25) is 0 Å². The van der Waals surface area contributed by atoms with Crippen molar-refractivity contribution >= 4 is 17.0 Å². The molecule has 4 rings (SSSR count). The highest BCUT2D eigenvalue weighted by molar-refractivity contribution is 5.78. The van der Waals surface area contributed by atoms with Crippen molar-refractivity contribution in [2.45, 2.75) is 32.7 Å². The molecular formula is C27H38N6O4. The van der Waals surface area contributed by atoms with Crippen LogP contribution in [0.1, 0.15) is 26.2 Å². The molecule has 1 aliphatic rings. The third kappa shape index (κ3) is 7.03. The fourth-order valence-corrected chi connectivity index (χ4v) is 4.57. The van der Waals surface area contributed by atoms with Gasteiger partial charge in [-0.3, -0.25) is 9.36 Å². The Kier molecular flexibility index (Phi) is 9.81. The van der Waals surface area contributed by atoms with E-state index in [-0.39, 0.29) is 5.56 Å². The second-order valence-corrected chi connectivity index (χ2v) is 9.34. The highest BCUT2D eigenvalue weighted by Gasteiger charge is 2.20. The third-order valence-corrected chi connectivity index (χ3v) is 6.77. The Labute approximate surface area is 218 Å². The van der Waals surface area contributed by atoms with Crippen LogP contribution in [0.15, 0.2) is 35.4 Å². The second-order valence-electron chi connectivity index (χ2n) is 9.34. The number of nitrogens with one attached hydrogen (secondary N) is 1. The summed E-state index contributed by atoms with van der Waals surface area (Å²) in [6, 6.07) is 5.67. The maximum absolute atomic E-state index is 13.5. The Hall–Kier alpha value is -3.08. The average Bonchev–Trinajstić information content (AvgIpc) is 2.94. The first-order valence-electron chi connectivity index (χ1n) is 13.1. The van der Waals surface area contributed by atoms with Crippen molar-refractivity contribution in [2.75, 3.05) is 65.5 Å². The zero-order chi connectivity index (χ0) is 26.0. The molecule has 1 N–H and O–H groups in total. The van der Waals surface area contributed by atoms with Crippen LogP contribution in [0.3, 0.4) is 0 Å². The Balaban J connectivity index is 1.55. The van der Waals surface area contributed by atoms with Crippen LogP contribution in [0.25, 0.3) is 22.3 Å². The Morgan fingerprint density at radius 1 is 1.03 bits per heavy atom. The minimum absolute atomic E-state index is 0.156. The Morgan fingerprint density at radius 3 is 2.54 bits per heavy atom. The highest BCUT2D eigenvalue weighted by Crippen LogP contribution is 2.23. The molecule has 1 saturated heterocycles. The number of ether oxygens (including phenoxy) is 3. The van der Waals surface area contributed by atoms with Gasteiger partial charge in [-0.2, -0.15) is 0 Å². The highest BCUT2D eigenvalue weighted by atomic mass is 16.5. The number of rotatable bonds is 13.